The predicted octanol–water partition coefficient (Wildman–Crippen LogP) is 2.09. The Kier molecular flexibility index (Phi) is 3.64. The number of aliphatic hydroxyl groups excluding tert-OH is 1. The van der Waals surface area contributed by atoms with Crippen LogP contribution in [-0.2, 0) is 5.41 Å². The number of hydrogen-bond acceptors (Lipinski definition) is 3. The summed E-state index contributed by atoms with van der Waals surface area (Å²) in [6.45, 7) is 5.50. The number of rotatable bonds is 3. The summed E-state index contributed by atoms with van der Waals surface area (Å²) in [6, 6.07) is 8.10. The highest BCUT2D eigenvalue weighted by atomic mass is 16.5. The molecule has 1 fully saturated rings. The number of aliphatic hydroxyl groups is 1. The lowest BCUT2D eigenvalue weighted by molar-refractivity contribution is 0.112. The maximum absolute atomic E-state index is 9.92. The smallest absolute Gasteiger partial charge is 0.119 e. The summed E-state index contributed by atoms with van der Waals surface area (Å²) >= 11 is 0. The van der Waals surface area contributed by atoms with E-state index >= 15 is 0 Å². The molecule has 1 atom stereocenters. The maximum atomic E-state index is 9.92. The molecule has 0 saturated carbocycles. The summed E-state index contributed by atoms with van der Waals surface area (Å²) in [7, 11) is 1.68. The molecule has 1 saturated heterocycles. The number of piperidine rings is 1. The SMILES string of the molecule is COc1cccc(C2(CO)CCNC(C)(C)C2)c1. The van der Waals surface area contributed by atoms with E-state index < -0.39 is 0 Å². The van der Waals surface area contributed by atoms with E-state index in [1.54, 1.807) is 7.11 Å². The molecule has 1 heterocycles. The van der Waals surface area contributed by atoms with Crippen LogP contribution in [0.2, 0.25) is 0 Å². The van der Waals surface area contributed by atoms with Crippen LogP contribution >= 0.6 is 0 Å². The third kappa shape index (κ3) is 2.52. The molecule has 1 aliphatic rings. The van der Waals surface area contributed by atoms with Gasteiger partial charge in [-0.15, -0.1) is 0 Å². The summed E-state index contributed by atoms with van der Waals surface area (Å²) < 4.78 is 5.29. The fraction of sp³-hybridized carbons (Fsp3) is 0.600. The van der Waals surface area contributed by atoms with E-state index in [0.717, 1.165) is 25.1 Å². The lowest BCUT2D eigenvalue weighted by Crippen LogP contribution is -2.53. The van der Waals surface area contributed by atoms with Crippen LogP contribution in [0.15, 0.2) is 24.3 Å². The molecular formula is C15H23NO2. The Bertz CT molecular complexity index is 417. The Morgan fingerprint density at radius 3 is 2.78 bits per heavy atom. The van der Waals surface area contributed by atoms with Crippen LogP contribution in [0.1, 0.15) is 32.3 Å². The van der Waals surface area contributed by atoms with E-state index in [4.69, 9.17) is 4.74 Å². The van der Waals surface area contributed by atoms with Crippen molar-refractivity contribution in [1.82, 2.24) is 5.32 Å². The summed E-state index contributed by atoms with van der Waals surface area (Å²) in [5.41, 5.74) is 1.09. The van der Waals surface area contributed by atoms with Gasteiger partial charge in [-0.1, -0.05) is 12.1 Å². The molecule has 1 aromatic rings. The average molecular weight is 249 g/mol. The van der Waals surface area contributed by atoms with Gasteiger partial charge in [-0.25, -0.2) is 0 Å². The second-order valence-corrected chi connectivity index (χ2v) is 5.91. The summed E-state index contributed by atoms with van der Waals surface area (Å²) in [4.78, 5) is 0. The van der Waals surface area contributed by atoms with Crippen molar-refractivity contribution < 1.29 is 9.84 Å². The minimum absolute atomic E-state index is 0.0596. The van der Waals surface area contributed by atoms with Crippen LogP contribution in [-0.4, -0.2) is 30.9 Å². The standard InChI is InChI=1S/C15H23NO2/c1-14(2)10-15(11-17,7-8-16-14)12-5-4-6-13(9-12)18-3/h4-6,9,16-17H,7-8,10-11H2,1-3H3. The van der Waals surface area contributed by atoms with Gasteiger partial charge in [-0.2, -0.15) is 0 Å². The second-order valence-electron chi connectivity index (χ2n) is 5.91. The van der Waals surface area contributed by atoms with Crippen molar-refractivity contribution in [2.75, 3.05) is 20.3 Å². The van der Waals surface area contributed by atoms with Crippen molar-refractivity contribution in [3.63, 3.8) is 0 Å². The topological polar surface area (TPSA) is 41.5 Å². The molecule has 1 aromatic carbocycles. The summed E-state index contributed by atoms with van der Waals surface area (Å²) in [6.07, 6.45) is 1.89. The van der Waals surface area contributed by atoms with Crippen LogP contribution in [0.3, 0.4) is 0 Å². The highest BCUT2D eigenvalue weighted by Crippen LogP contribution is 2.39. The van der Waals surface area contributed by atoms with E-state index in [1.165, 1.54) is 5.56 Å². The molecule has 0 aromatic heterocycles. The quantitative estimate of drug-likeness (QED) is 0.862. The van der Waals surface area contributed by atoms with E-state index in [0.29, 0.717) is 0 Å². The van der Waals surface area contributed by atoms with Gasteiger partial charge in [0.1, 0.15) is 5.75 Å². The van der Waals surface area contributed by atoms with Gasteiger partial charge < -0.3 is 15.2 Å². The fourth-order valence-electron chi connectivity index (χ4n) is 3.06. The zero-order chi connectivity index (χ0) is 13.2. The Labute approximate surface area is 109 Å². The second kappa shape index (κ2) is 4.90. The van der Waals surface area contributed by atoms with Crippen molar-refractivity contribution in [2.45, 2.75) is 37.6 Å². The molecule has 2 rings (SSSR count). The minimum Gasteiger partial charge on any atom is -0.497 e. The number of benzene rings is 1. The van der Waals surface area contributed by atoms with Gasteiger partial charge >= 0.3 is 0 Å². The first-order valence-corrected chi connectivity index (χ1v) is 6.52. The highest BCUT2D eigenvalue weighted by Gasteiger charge is 2.40. The largest absolute Gasteiger partial charge is 0.497 e. The zero-order valence-electron chi connectivity index (χ0n) is 11.5. The lowest BCUT2D eigenvalue weighted by atomic mass is 9.68. The van der Waals surface area contributed by atoms with Crippen molar-refractivity contribution in [3.05, 3.63) is 29.8 Å². The highest BCUT2D eigenvalue weighted by molar-refractivity contribution is 5.35. The van der Waals surface area contributed by atoms with Crippen molar-refractivity contribution >= 4 is 0 Å². The molecule has 3 heteroatoms. The normalized spacial score (nSPS) is 26.9. The van der Waals surface area contributed by atoms with Crippen LogP contribution in [0.4, 0.5) is 0 Å². The van der Waals surface area contributed by atoms with Crippen LogP contribution in [0.25, 0.3) is 0 Å². The maximum Gasteiger partial charge on any atom is 0.119 e. The molecule has 0 aliphatic carbocycles. The molecular weight excluding hydrogens is 226 g/mol. The monoisotopic (exact) mass is 249 g/mol. The van der Waals surface area contributed by atoms with Crippen molar-refractivity contribution in [1.29, 1.82) is 0 Å². The number of nitrogens with one attached hydrogen (secondary N) is 1. The van der Waals surface area contributed by atoms with Crippen LogP contribution in [0.5, 0.6) is 5.75 Å². The molecule has 100 valence electrons. The molecule has 0 spiro atoms. The first kappa shape index (κ1) is 13.4. The van der Waals surface area contributed by atoms with E-state index in [9.17, 15) is 5.11 Å². The molecule has 0 amide bonds. The Hall–Kier alpha value is -1.06. The molecule has 18 heavy (non-hydrogen) atoms. The summed E-state index contributed by atoms with van der Waals surface area (Å²) in [5, 5.41) is 13.4. The lowest BCUT2D eigenvalue weighted by Gasteiger charge is -2.45. The van der Waals surface area contributed by atoms with Gasteiger partial charge in [0.05, 0.1) is 13.7 Å². The van der Waals surface area contributed by atoms with Gasteiger partial charge in [0.2, 0.25) is 0 Å². The Morgan fingerprint density at radius 2 is 2.17 bits per heavy atom. The first-order chi connectivity index (χ1) is 8.51. The van der Waals surface area contributed by atoms with Gasteiger partial charge in [0, 0.05) is 11.0 Å². The molecule has 2 N–H and O–H groups in total. The van der Waals surface area contributed by atoms with E-state index in [-0.39, 0.29) is 17.6 Å². The van der Waals surface area contributed by atoms with Crippen LogP contribution < -0.4 is 10.1 Å². The molecule has 1 unspecified atom stereocenters. The predicted molar refractivity (Wildman–Crippen MR) is 73.1 cm³/mol. The molecule has 0 bridgehead atoms. The third-order valence-corrected chi connectivity index (χ3v) is 3.97. The van der Waals surface area contributed by atoms with E-state index in [1.807, 2.05) is 12.1 Å². The number of hydrogen-bond donors (Lipinski definition) is 2. The third-order valence-electron chi connectivity index (χ3n) is 3.97. The molecule has 0 radical (unpaired) electrons. The minimum atomic E-state index is -0.150. The van der Waals surface area contributed by atoms with Gasteiger partial charge in [0.25, 0.3) is 0 Å². The number of methoxy groups -OCH3 is 1. The zero-order valence-corrected chi connectivity index (χ0v) is 11.5. The Morgan fingerprint density at radius 1 is 1.39 bits per heavy atom. The first-order valence-electron chi connectivity index (χ1n) is 6.52. The fourth-order valence-corrected chi connectivity index (χ4v) is 3.06. The Balaban J connectivity index is 2.36. The van der Waals surface area contributed by atoms with Gasteiger partial charge in [0.15, 0.2) is 0 Å². The van der Waals surface area contributed by atoms with Crippen molar-refractivity contribution in [3.8, 4) is 5.75 Å². The van der Waals surface area contributed by atoms with Gasteiger partial charge in [-0.05, 0) is 50.9 Å². The molecule has 3 nitrogen and oxygen atoms in total. The van der Waals surface area contributed by atoms with Crippen LogP contribution in [0, 0.1) is 0 Å². The van der Waals surface area contributed by atoms with Crippen molar-refractivity contribution in [2.24, 2.45) is 0 Å². The average Bonchev–Trinajstić information content (AvgIpc) is 2.37. The summed E-state index contributed by atoms with van der Waals surface area (Å²) in [5.74, 6) is 0.858. The van der Waals surface area contributed by atoms with E-state index in [2.05, 4.69) is 31.3 Å². The van der Waals surface area contributed by atoms with Gasteiger partial charge in [-0.3, -0.25) is 0 Å². The number of ether oxygens (including phenoxy) is 1. The molecule has 1 aliphatic heterocycles.